The molecule has 32 heavy (non-hydrogen) atoms. The number of aliphatic imine (C=N–C) groups is 1. The number of allylic oxidation sites excluding steroid dienone is 1. The smallest absolute Gasteiger partial charge is 0.315 e. The van der Waals surface area contributed by atoms with Crippen LogP contribution in [0.1, 0.15) is 31.2 Å². The van der Waals surface area contributed by atoms with Gasteiger partial charge in [-0.15, -0.1) is 0 Å². The summed E-state index contributed by atoms with van der Waals surface area (Å²) in [6, 6.07) is 8.50. The van der Waals surface area contributed by atoms with Crippen LogP contribution in [0.2, 0.25) is 5.02 Å². The minimum absolute atomic E-state index is 0.294. The molecule has 0 unspecified atom stereocenters. The zero-order chi connectivity index (χ0) is 22.1. The van der Waals surface area contributed by atoms with Crippen molar-refractivity contribution in [2.24, 2.45) is 10.1 Å². The van der Waals surface area contributed by atoms with Gasteiger partial charge >= 0.3 is 11.5 Å². The van der Waals surface area contributed by atoms with Crippen LogP contribution >= 0.6 is 11.6 Å². The van der Waals surface area contributed by atoms with Crippen LogP contribution in [0.15, 0.2) is 34.1 Å². The number of nitrogens with zero attached hydrogens (tertiary/aromatic N) is 6. The van der Waals surface area contributed by atoms with Gasteiger partial charge in [0, 0.05) is 17.2 Å². The minimum atomic E-state index is 0.294. The highest BCUT2D eigenvalue weighted by Crippen LogP contribution is 2.34. The fourth-order valence-corrected chi connectivity index (χ4v) is 4.08. The number of nitrogens with one attached hydrogen (secondary N) is 4. The highest BCUT2D eigenvalue weighted by Gasteiger charge is 2.43. The summed E-state index contributed by atoms with van der Waals surface area (Å²) in [5, 5.41) is 37.6. The number of amidine groups is 1. The second kappa shape index (κ2) is 8.77. The van der Waals surface area contributed by atoms with E-state index < -0.39 is 0 Å². The van der Waals surface area contributed by atoms with E-state index in [0.29, 0.717) is 52.4 Å². The molecule has 1 saturated heterocycles. The number of hydrazone groups is 1. The van der Waals surface area contributed by atoms with Crippen molar-refractivity contribution in [3.8, 4) is 12.1 Å². The average Bonchev–Trinajstić information content (AvgIpc) is 3.54. The summed E-state index contributed by atoms with van der Waals surface area (Å²) in [4.78, 5) is 4.31. The first kappa shape index (κ1) is 20.7. The number of nitriles is 2. The van der Waals surface area contributed by atoms with Crippen LogP contribution < -0.4 is 26.4 Å². The first-order valence-corrected chi connectivity index (χ1v) is 11.1. The molecule has 4 aliphatic rings. The molecule has 0 spiro atoms. The molecule has 1 aliphatic carbocycles. The Hall–Kier alpha value is -3.15. The quantitative estimate of drug-likeness (QED) is 0.504. The number of hydrogen-bond acceptors (Lipinski definition) is 10. The Morgan fingerprint density at radius 3 is 2.59 bits per heavy atom. The summed E-state index contributed by atoms with van der Waals surface area (Å²) in [6.45, 7) is 2.34. The number of fused-ring (bicyclic) bond motifs is 1. The number of benzene rings is 1. The molecule has 11 heteroatoms. The van der Waals surface area contributed by atoms with E-state index in [2.05, 4.69) is 43.6 Å². The van der Waals surface area contributed by atoms with E-state index >= 15 is 0 Å². The number of anilines is 2. The molecule has 1 aromatic rings. The summed E-state index contributed by atoms with van der Waals surface area (Å²) in [7, 11) is 0. The van der Waals surface area contributed by atoms with E-state index in [1.165, 1.54) is 11.2 Å². The number of rotatable bonds is 5. The normalized spacial score (nSPS) is 21.1. The van der Waals surface area contributed by atoms with Crippen LogP contribution in [0.25, 0.3) is 0 Å². The van der Waals surface area contributed by atoms with E-state index in [1.807, 2.05) is 5.01 Å². The van der Waals surface area contributed by atoms with Crippen molar-refractivity contribution in [3.63, 3.8) is 0 Å². The highest BCUT2D eigenvalue weighted by atomic mass is 35.5. The lowest BCUT2D eigenvalue weighted by atomic mass is 10.1. The van der Waals surface area contributed by atoms with E-state index in [9.17, 15) is 10.5 Å². The van der Waals surface area contributed by atoms with Gasteiger partial charge in [-0.3, -0.25) is 5.01 Å². The van der Waals surface area contributed by atoms with Crippen molar-refractivity contribution in [2.75, 3.05) is 30.3 Å². The predicted octanol–water partition coefficient (Wildman–Crippen LogP) is 1.96. The second-order valence-corrected chi connectivity index (χ2v) is 8.57. The number of guanidine groups is 1. The first-order chi connectivity index (χ1) is 15.6. The SMILES string of the molecule is N#CC1=CN=C2CN(NC3CC3)C(Nc3cc(C#N)cc(NC4CCNCC4)c3Cl)=N[N+]12. The van der Waals surface area contributed by atoms with Crippen molar-refractivity contribution >= 4 is 34.8 Å². The molecule has 1 aromatic carbocycles. The number of halogens is 1. The third-order valence-electron chi connectivity index (χ3n) is 5.74. The molecular weight excluding hydrogens is 428 g/mol. The Balaban J connectivity index is 1.44. The van der Waals surface area contributed by atoms with Crippen molar-refractivity contribution in [2.45, 2.75) is 37.8 Å². The van der Waals surface area contributed by atoms with Crippen molar-refractivity contribution in [3.05, 3.63) is 34.6 Å². The monoisotopic (exact) mass is 450 g/mol. The van der Waals surface area contributed by atoms with Gasteiger partial charge in [0.1, 0.15) is 12.7 Å². The molecule has 3 heterocycles. The third-order valence-corrected chi connectivity index (χ3v) is 6.14. The van der Waals surface area contributed by atoms with Gasteiger partial charge in [-0.2, -0.15) is 15.5 Å². The lowest BCUT2D eigenvalue weighted by Crippen LogP contribution is -2.56. The lowest BCUT2D eigenvalue weighted by molar-refractivity contribution is 0.319. The number of hydrogen-bond donors (Lipinski definition) is 4. The summed E-state index contributed by atoms with van der Waals surface area (Å²) in [5.74, 6) is 1.16. The largest absolute Gasteiger partial charge is 0.381 e. The molecule has 163 valence electrons. The summed E-state index contributed by atoms with van der Waals surface area (Å²) < 4.78 is 0. The van der Waals surface area contributed by atoms with Gasteiger partial charge in [-0.25, -0.2) is 5.43 Å². The van der Waals surface area contributed by atoms with Crippen LogP contribution in [0, 0.1) is 22.7 Å². The summed E-state index contributed by atoms with van der Waals surface area (Å²) >= 11 is 6.76. The molecule has 1 saturated carbocycles. The van der Waals surface area contributed by atoms with Crippen molar-refractivity contribution in [1.82, 2.24) is 20.8 Å². The molecule has 4 N–H and O–H groups in total. The fraction of sp³-hybridized carbons (Fsp3) is 0.429. The molecule has 1 radical (unpaired) electrons. The number of piperidine rings is 1. The Morgan fingerprint density at radius 2 is 1.88 bits per heavy atom. The standard InChI is InChI=1S/C21H23ClN10/c22-20-17(27-14-3-5-25-6-4-14)7-13(9-23)8-18(20)28-21-30-32-16(10-24)11-26-19(32)12-31(21)29-15-1-2-15/h7-8,11,14-15,25,27,29H,1-6,12H2,(H,28,30)/q+1. The average molecular weight is 451 g/mol. The minimum Gasteiger partial charge on any atom is -0.381 e. The van der Waals surface area contributed by atoms with Crippen LogP contribution in [0.4, 0.5) is 11.4 Å². The topological polar surface area (TPSA) is 130 Å². The molecule has 2 fully saturated rings. The Morgan fingerprint density at radius 1 is 1.09 bits per heavy atom. The van der Waals surface area contributed by atoms with E-state index in [1.54, 1.807) is 12.1 Å². The fourth-order valence-electron chi connectivity index (χ4n) is 3.87. The van der Waals surface area contributed by atoms with Crippen molar-refractivity contribution < 1.29 is 0 Å². The lowest BCUT2D eigenvalue weighted by Gasteiger charge is -2.29. The molecule has 10 nitrogen and oxygen atoms in total. The number of hydrazine groups is 1. The Bertz CT molecular complexity index is 1090. The van der Waals surface area contributed by atoms with E-state index in [4.69, 9.17) is 11.6 Å². The molecule has 5 rings (SSSR count). The highest BCUT2D eigenvalue weighted by molar-refractivity contribution is 6.36. The summed E-state index contributed by atoms with van der Waals surface area (Å²) in [6.07, 6.45) is 5.68. The van der Waals surface area contributed by atoms with E-state index in [-0.39, 0.29) is 0 Å². The van der Waals surface area contributed by atoms with Gasteiger partial charge in [-0.05, 0) is 50.9 Å². The zero-order valence-electron chi connectivity index (χ0n) is 17.4. The van der Waals surface area contributed by atoms with Crippen LogP contribution in [0.3, 0.4) is 0 Å². The van der Waals surface area contributed by atoms with Crippen molar-refractivity contribution in [1.29, 1.82) is 10.5 Å². The predicted molar refractivity (Wildman–Crippen MR) is 123 cm³/mol. The van der Waals surface area contributed by atoms with Gasteiger partial charge in [0.15, 0.2) is 6.07 Å². The Labute approximate surface area is 191 Å². The maximum Gasteiger partial charge on any atom is 0.315 e. The van der Waals surface area contributed by atoms with Gasteiger partial charge < -0.3 is 16.0 Å². The molecular formula is C21H23ClN10+. The zero-order valence-corrected chi connectivity index (χ0v) is 18.2. The molecule has 0 aromatic heterocycles. The molecule has 0 bridgehead atoms. The van der Waals surface area contributed by atoms with Gasteiger partial charge in [0.2, 0.25) is 0 Å². The van der Waals surface area contributed by atoms with Crippen LogP contribution in [0.5, 0.6) is 0 Å². The Kier molecular flexibility index (Phi) is 5.68. The van der Waals surface area contributed by atoms with E-state index in [0.717, 1.165) is 44.5 Å². The van der Waals surface area contributed by atoms with Gasteiger partial charge in [0.25, 0.3) is 5.96 Å². The van der Waals surface area contributed by atoms with Gasteiger partial charge in [0.05, 0.1) is 33.0 Å². The maximum atomic E-state index is 9.58. The summed E-state index contributed by atoms with van der Waals surface area (Å²) in [5.41, 5.74) is 5.58. The van der Waals surface area contributed by atoms with Crippen LogP contribution in [-0.2, 0) is 0 Å². The second-order valence-electron chi connectivity index (χ2n) is 8.19. The molecule has 3 aliphatic heterocycles. The van der Waals surface area contributed by atoms with Crippen LogP contribution in [-0.4, -0.2) is 48.5 Å². The van der Waals surface area contributed by atoms with Gasteiger partial charge in [-0.1, -0.05) is 11.6 Å². The first-order valence-electron chi connectivity index (χ1n) is 10.7. The third kappa shape index (κ3) is 4.27. The molecule has 0 atom stereocenters. The maximum absolute atomic E-state index is 9.58. The molecule has 0 amide bonds.